The largest absolute Gasteiger partial charge is 0.379 e. The molecule has 1 fully saturated rings. The van der Waals surface area contributed by atoms with Crippen LogP contribution in [0.4, 0.5) is 0 Å². The lowest BCUT2D eigenvalue weighted by Crippen LogP contribution is -2.46. The van der Waals surface area contributed by atoms with Gasteiger partial charge in [-0.15, -0.1) is 11.3 Å². The van der Waals surface area contributed by atoms with Crippen molar-refractivity contribution in [2.45, 2.75) is 26.4 Å². The molecular weight excluding hydrogens is 356 g/mol. The van der Waals surface area contributed by atoms with Gasteiger partial charge in [-0.3, -0.25) is 4.90 Å². The molecule has 0 bridgehead atoms. The van der Waals surface area contributed by atoms with Crippen LogP contribution in [0.3, 0.4) is 0 Å². The van der Waals surface area contributed by atoms with Crippen molar-refractivity contribution in [3.05, 3.63) is 57.8 Å². The van der Waals surface area contributed by atoms with E-state index in [1.807, 2.05) is 11.3 Å². The first-order chi connectivity index (χ1) is 13.3. The molecule has 1 aromatic heterocycles. The third-order valence-electron chi connectivity index (χ3n) is 4.71. The molecule has 0 radical (unpaired) electrons. The van der Waals surface area contributed by atoms with E-state index in [0.29, 0.717) is 12.6 Å². The Kier molecular flexibility index (Phi) is 7.68. The molecule has 1 unspecified atom stereocenters. The van der Waals surface area contributed by atoms with Gasteiger partial charge < -0.3 is 15.4 Å². The maximum Gasteiger partial charge on any atom is 0.191 e. The van der Waals surface area contributed by atoms with Crippen LogP contribution >= 0.6 is 11.3 Å². The number of hydrogen-bond acceptors (Lipinski definition) is 4. The Morgan fingerprint density at radius 3 is 2.63 bits per heavy atom. The number of aliphatic imine (C=N–C) groups is 1. The second kappa shape index (κ2) is 10.4. The summed E-state index contributed by atoms with van der Waals surface area (Å²) in [6, 6.07) is 13.3. The lowest BCUT2D eigenvalue weighted by Gasteiger charge is -2.34. The third-order valence-corrected chi connectivity index (χ3v) is 5.68. The first-order valence-corrected chi connectivity index (χ1v) is 10.6. The topological polar surface area (TPSA) is 48.9 Å². The summed E-state index contributed by atoms with van der Waals surface area (Å²) >= 11 is 1.82. The van der Waals surface area contributed by atoms with Gasteiger partial charge in [0.25, 0.3) is 0 Å². The van der Waals surface area contributed by atoms with Crippen LogP contribution in [-0.4, -0.2) is 50.3 Å². The number of hydrogen-bond donors (Lipinski definition) is 2. The van der Waals surface area contributed by atoms with Gasteiger partial charge in [0.15, 0.2) is 5.96 Å². The molecule has 1 atom stereocenters. The molecule has 0 amide bonds. The van der Waals surface area contributed by atoms with Crippen molar-refractivity contribution in [2.75, 3.05) is 39.4 Å². The zero-order valence-corrected chi connectivity index (χ0v) is 17.1. The van der Waals surface area contributed by atoms with Gasteiger partial charge in [0.05, 0.1) is 25.8 Å². The van der Waals surface area contributed by atoms with Crippen LogP contribution in [-0.2, 0) is 11.3 Å². The number of nitrogens with zero attached hydrogens (tertiary/aromatic N) is 2. The van der Waals surface area contributed by atoms with Gasteiger partial charge in [0, 0.05) is 31.1 Å². The van der Waals surface area contributed by atoms with Crippen molar-refractivity contribution in [2.24, 2.45) is 4.99 Å². The Bertz CT molecular complexity index is 693. The lowest BCUT2D eigenvalue weighted by atomic mass is 10.1. The van der Waals surface area contributed by atoms with Crippen molar-refractivity contribution in [1.82, 2.24) is 15.5 Å². The van der Waals surface area contributed by atoms with E-state index in [-0.39, 0.29) is 0 Å². The molecular formula is C21H30N4OS. The van der Waals surface area contributed by atoms with E-state index in [0.717, 1.165) is 45.4 Å². The summed E-state index contributed by atoms with van der Waals surface area (Å²) in [5.41, 5.74) is 2.50. The fraction of sp³-hybridized carbons (Fsp3) is 0.476. The number of nitrogens with one attached hydrogen (secondary N) is 2. The molecule has 1 aromatic carbocycles. The minimum Gasteiger partial charge on any atom is -0.379 e. The van der Waals surface area contributed by atoms with Gasteiger partial charge in [-0.1, -0.05) is 35.9 Å². The van der Waals surface area contributed by atoms with E-state index < -0.39 is 0 Å². The molecule has 2 heterocycles. The van der Waals surface area contributed by atoms with E-state index in [1.165, 1.54) is 16.0 Å². The average molecular weight is 387 g/mol. The highest BCUT2D eigenvalue weighted by Gasteiger charge is 2.23. The molecule has 1 saturated heterocycles. The van der Waals surface area contributed by atoms with Crippen molar-refractivity contribution >= 4 is 17.3 Å². The molecule has 0 spiro atoms. The van der Waals surface area contributed by atoms with E-state index in [2.05, 4.69) is 71.2 Å². The molecule has 5 nitrogen and oxygen atoms in total. The zero-order valence-electron chi connectivity index (χ0n) is 16.3. The SMILES string of the molecule is CCNC(=NCc1ccc(C)cc1)NCC(c1cccs1)N1CCOCC1. The van der Waals surface area contributed by atoms with E-state index in [4.69, 9.17) is 9.73 Å². The summed E-state index contributed by atoms with van der Waals surface area (Å²) in [6.45, 7) is 10.1. The van der Waals surface area contributed by atoms with Crippen molar-refractivity contribution in [3.8, 4) is 0 Å². The Morgan fingerprint density at radius 1 is 1.19 bits per heavy atom. The summed E-state index contributed by atoms with van der Waals surface area (Å²) in [7, 11) is 0. The second-order valence-electron chi connectivity index (χ2n) is 6.74. The number of benzene rings is 1. The van der Waals surface area contributed by atoms with Gasteiger partial charge in [-0.2, -0.15) is 0 Å². The Hall–Kier alpha value is -1.89. The summed E-state index contributed by atoms with van der Waals surface area (Å²) in [5, 5.41) is 9.07. The van der Waals surface area contributed by atoms with Gasteiger partial charge in [-0.25, -0.2) is 4.99 Å². The standard InChI is InChI=1S/C21H30N4OS/c1-3-22-21(23-15-18-8-6-17(2)7-9-18)24-16-19(20-5-4-14-27-20)25-10-12-26-13-11-25/h4-9,14,19H,3,10-13,15-16H2,1-2H3,(H2,22,23,24). The predicted molar refractivity (Wildman–Crippen MR) is 113 cm³/mol. The van der Waals surface area contributed by atoms with Crippen LogP contribution in [0.1, 0.15) is 29.0 Å². The normalized spacial score (nSPS) is 16.9. The van der Waals surface area contributed by atoms with E-state index in [1.54, 1.807) is 0 Å². The summed E-state index contributed by atoms with van der Waals surface area (Å²) in [5.74, 6) is 0.868. The van der Waals surface area contributed by atoms with Crippen LogP contribution < -0.4 is 10.6 Å². The molecule has 146 valence electrons. The van der Waals surface area contributed by atoms with Gasteiger partial charge in [-0.05, 0) is 30.9 Å². The predicted octanol–water partition coefficient (Wildman–Crippen LogP) is 3.19. The Morgan fingerprint density at radius 2 is 1.96 bits per heavy atom. The van der Waals surface area contributed by atoms with Crippen LogP contribution in [0.2, 0.25) is 0 Å². The van der Waals surface area contributed by atoms with Crippen molar-refractivity contribution in [1.29, 1.82) is 0 Å². The Balaban J connectivity index is 1.64. The molecule has 2 aromatic rings. The van der Waals surface area contributed by atoms with E-state index >= 15 is 0 Å². The molecule has 6 heteroatoms. The smallest absolute Gasteiger partial charge is 0.191 e. The number of ether oxygens (including phenoxy) is 1. The fourth-order valence-corrected chi connectivity index (χ4v) is 4.04. The molecule has 0 saturated carbocycles. The highest BCUT2D eigenvalue weighted by molar-refractivity contribution is 7.10. The number of thiophene rings is 1. The maximum atomic E-state index is 5.53. The number of rotatable bonds is 7. The molecule has 1 aliphatic rings. The third kappa shape index (κ3) is 6.06. The number of morpholine rings is 1. The molecule has 2 N–H and O–H groups in total. The molecule has 3 rings (SSSR count). The summed E-state index contributed by atoms with van der Waals surface area (Å²) in [6.07, 6.45) is 0. The highest BCUT2D eigenvalue weighted by Crippen LogP contribution is 2.25. The quantitative estimate of drug-likeness (QED) is 0.567. The van der Waals surface area contributed by atoms with Crippen molar-refractivity contribution < 1.29 is 4.74 Å². The average Bonchev–Trinajstić information content (AvgIpc) is 3.23. The van der Waals surface area contributed by atoms with Crippen LogP contribution in [0.25, 0.3) is 0 Å². The first kappa shape index (κ1) is 19.9. The summed E-state index contributed by atoms with van der Waals surface area (Å²) < 4.78 is 5.53. The zero-order chi connectivity index (χ0) is 18.9. The van der Waals surface area contributed by atoms with E-state index in [9.17, 15) is 0 Å². The van der Waals surface area contributed by atoms with Gasteiger partial charge in [0.1, 0.15) is 0 Å². The van der Waals surface area contributed by atoms with Crippen molar-refractivity contribution in [3.63, 3.8) is 0 Å². The van der Waals surface area contributed by atoms with Crippen LogP contribution in [0.15, 0.2) is 46.8 Å². The lowest BCUT2D eigenvalue weighted by molar-refractivity contribution is 0.0177. The van der Waals surface area contributed by atoms with Gasteiger partial charge in [0.2, 0.25) is 0 Å². The van der Waals surface area contributed by atoms with Crippen LogP contribution in [0.5, 0.6) is 0 Å². The van der Waals surface area contributed by atoms with Crippen LogP contribution in [0, 0.1) is 6.92 Å². The maximum absolute atomic E-state index is 5.53. The summed E-state index contributed by atoms with van der Waals surface area (Å²) in [4.78, 5) is 8.66. The highest BCUT2D eigenvalue weighted by atomic mass is 32.1. The van der Waals surface area contributed by atoms with Gasteiger partial charge >= 0.3 is 0 Å². The fourth-order valence-electron chi connectivity index (χ4n) is 3.18. The number of guanidine groups is 1. The Labute approximate surface area is 166 Å². The minimum absolute atomic E-state index is 0.345. The molecule has 1 aliphatic heterocycles. The first-order valence-electron chi connectivity index (χ1n) is 9.69. The second-order valence-corrected chi connectivity index (χ2v) is 7.72. The number of aryl methyl sites for hydroxylation is 1. The molecule has 0 aliphatic carbocycles. The molecule has 27 heavy (non-hydrogen) atoms. The minimum atomic E-state index is 0.345. The monoisotopic (exact) mass is 386 g/mol.